The first-order chi connectivity index (χ1) is 13.0. The minimum absolute atomic E-state index is 0.0978. The van der Waals surface area contributed by atoms with E-state index in [9.17, 15) is 21.6 Å². The number of anilines is 1. The van der Waals surface area contributed by atoms with Crippen molar-refractivity contribution in [3.05, 3.63) is 65.7 Å². The zero-order valence-corrected chi connectivity index (χ0v) is 17.4. The highest BCUT2D eigenvalue weighted by atomic mass is 32.2. The standard InChI is InChI=1S/C11H14F3NO2S.C10H14/c1-3-8(2)9-4-6-10(7-5-9)15-18(16,17)11(12,13)14;1-3-9(2)10-7-5-4-6-8-10/h4-8,15H,3H2,1-2H3;4-9H,3H2,1-2H3. The maximum atomic E-state index is 12.1. The quantitative estimate of drug-likeness (QED) is 0.573. The lowest BCUT2D eigenvalue weighted by molar-refractivity contribution is -0.0429. The molecule has 2 atom stereocenters. The zero-order chi connectivity index (χ0) is 21.4. The molecular formula is C21H28F3NO2S. The maximum absolute atomic E-state index is 12.1. The van der Waals surface area contributed by atoms with E-state index in [4.69, 9.17) is 0 Å². The summed E-state index contributed by atoms with van der Waals surface area (Å²) in [5.74, 6) is 0.986. The van der Waals surface area contributed by atoms with Crippen LogP contribution in [0.5, 0.6) is 0 Å². The number of hydrogen-bond acceptors (Lipinski definition) is 2. The van der Waals surface area contributed by atoms with Crippen LogP contribution in [0.1, 0.15) is 63.5 Å². The van der Waals surface area contributed by atoms with Crippen LogP contribution in [0.3, 0.4) is 0 Å². The van der Waals surface area contributed by atoms with E-state index in [1.165, 1.54) is 28.8 Å². The Morgan fingerprint density at radius 1 is 0.821 bits per heavy atom. The van der Waals surface area contributed by atoms with Gasteiger partial charge in [-0.1, -0.05) is 70.2 Å². The van der Waals surface area contributed by atoms with Crippen molar-refractivity contribution < 1.29 is 21.6 Å². The van der Waals surface area contributed by atoms with Crippen LogP contribution in [0.15, 0.2) is 54.6 Å². The normalized spacial score (nSPS) is 13.8. The average molecular weight is 416 g/mol. The van der Waals surface area contributed by atoms with Crippen LogP contribution in [-0.4, -0.2) is 13.9 Å². The predicted molar refractivity (Wildman–Crippen MR) is 109 cm³/mol. The van der Waals surface area contributed by atoms with Crippen molar-refractivity contribution in [3.8, 4) is 0 Å². The van der Waals surface area contributed by atoms with E-state index < -0.39 is 15.5 Å². The van der Waals surface area contributed by atoms with E-state index in [-0.39, 0.29) is 11.6 Å². The molecule has 0 aromatic heterocycles. The average Bonchev–Trinajstić information content (AvgIpc) is 2.67. The first kappa shape index (κ1) is 24.0. The van der Waals surface area contributed by atoms with Gasteiger partial charge in [0.2, 0.25) is 0 Å². The molecule has 0 saturated heterocycles. The molecule has 0 radical (unpaired) electrons. The monoisotopic (exact) mass is 415 g/mol. The smallest absolute Gasteiger partial charge is 0.276 e. The van der Waals surface area contributed by atoms with Crippen molar-refractivity contribution in [2.45, 2.75) is 57.9 Å². The third-order valence-corrected chi connectivity index (χ3v) is 5.74. The number of halogens is 3. The summed E-state index contributed by atoms with van der Waals surface area (Å²) in [6.07, 6.45) is 2.12. The highest BCUT2D eigenvalue weighted by Gasteiger charge is 2.45. The molecule has 2 rings (SSSR count). The van der Waals surface area contributed by atoms with Gasteiger partial charge in [-0.05, 0) is 47.9 Å². The number of hydrogen-bond donors (Lipinski definition) is 1. The van der Waals surface area contributed by atoms with E-state index in [2.05, 4.69) is 44.2 Å². The van der Waals surface area contributed by atoms with Crippen molar-refractivity contribution in [1.29, 1.82) is 0 Å². The van der Waals surface area contributed by atoms with E-state index in [1.54, 1.807) is 12.1 Å². The third kappa shape index (κ3) is 7.19. The van der Waals surface area contributed by atoms with Gasteiger partial charge in [0, 0.05) is 5.69 Å². The first-order valence-corrected chi connectivity index (χ1v) is 10.7. The second-order valence-corrected chi connectivity index (χ2v) is 8.38. The van der Waals surface area contributed by atoms with Gasteiger partial charge in [-0.2, -0.15) is 21.6 Å². The first-order valence-electron chi connectivity index (χ1n) is 9.25. The lowest BCUT2D eigenvalue weighted by Crippen LogP contribution is -2.29. The Morgan fingerprint density at radius 2 is 1.25 bits per heavy atom. The van der Waals surface area contributed by atoms with Gasteiger partial charge in [-0.3, -0.25) is 4.72 Å². The van der Waals surface area contributed by atoms with Gasteiger partial charge in [-0.15, -0.1) is 0 Å². The molecule has 2 unspecified atom stereocenters. The summed E-state index contributed by atoms with van der Waals surface area (Å²) in [5, 5.41) is 0. The van der Waals surface area contributed by atoms with Gasteiger partial charge >= 0.3 is 15.5 Å². The van der Waals surface area contributed by atoms with Crippen molar-refractivity contribution >= 4 is 15.7 Å². The van der Waals surface area contributed by atoms with Crippen LogP contribution in [0.2, 0.25) is 0 Å². The van der Waals surface area contributed by atoms with Crippen molar-refractivity contribution in [3.63, 3.8) is 0 Å². The number of rotatable bonds is 6. The largest absolute Gasteiger partial charge is 0.516 e. The Morgan fingerprint density at radius 3 is 1.64 bits per heavy atom. The molecule has 0 heterocycles. The second kappa shape index (κ2) is 10.5. The summed E-state index contributed by atoms with van der Waals surface area (Å²) in [6.45, 7) is 8.45. The van der Waals surface area contributed by atoms with Crippen LogP contribution < -0.4 is 4.72 Å². The fraction of sp³-hybridized carbons (Fsp3) is 0.429. The highest BCUT2D eigenvalue weighted by Crippen LogP contribution is 2.26. The minimum Gasteiger partial charge on any atom is -0.276 e. The van der Waals surface area contributed by atoms with Gasteiger partial charge < -0.3 is 0 Å². The molecule has 0 aliphatic rings. The molecule has 7 heteroatoms. The van der Waals surface area contributed by atoms with E-state index in [0.717, 1.165) is 12.0 Å². The van der Waals surface area contributed by atoms with Gasteiger partial charge in [-0.25, -0.2) is 0 Å². The summed E-state index contributed by atoms with van der Waals surface area (Å²) >= 11 is 0. The van der Waals surface area contributed by atoms with Crippen LogP contribution >= 0.6 is 0 Å². The molecule has 0 aliphatic heterocycles. The fourth-order valence-corrected chi connectivity index (χ4v) is 2.91. The number of benzene rings is 2. The Balaban J connectivity index is 0.000000330. The van der Waals surface area contributed by atoms with Crippen LogP contribution in [0.4, 0.5) is 18.9 Å². The Hall–Kier alpha value is -2.02. The molecule has 0 fully saturated rings. The van der Waals surface area contributed by atoms with Crippen molar-refractivity contribution in [2.75, 3.05) is 4.72 Å². The molecule has 1 N–H and O–H groups in total. The molecular weight excluding hydrogens is 387 g/mol. The topological polar surface area (TPSA) is 46.2 Å². The summed E-state index contributed by atoms with van der Waals surface area (Å²) < 4.78 is 59.6. The van der Waals surface area contributed by atoms with Gasteiger partial charge in [0.05, 0.1) is 0 Å². The zero-order valence-electron chi connectivity index (χ0n) is 16.6. The van der Waals surface area contributed by atoms with E-state index in [0.29, 0.717) is 5.92 Å². The van der Waals surface area contributed by atoms with Crippen LogP contribution in [0, 0.1) is 0 Å². The van der Waals surface area contributed by atoms with E-state index in [1.807, 2.05) is 13.8 Å². The minimum atomic E-state index is -5.34. The number of alkyl halides is 3. The Kier molecular flexibility index (Phi) is 9.01. The fourth-order valence-electron chi connectivity index (χ4n) is 2.35. The SMILES string of the molecule is CCC(C)c1ccc(NS(=O)(=O)C(F)(F)F)cc1.CCC(C)c1ccccc1. The molecule has 2 aromatic rings. The molecule has 0 amide bonds. The second-order valence-electron chi connectivity index (χ2n) is 6.70. The summed E-state index contributed by atoms with van der Waals surface area (Å²) in [5.41, 5.74) is -3.00. The molecule has 0 aliphatic carbocycles. The molecule has 0 spiro atoms. The summed E-state index contributed by atoms with van der Waals surface area (Å²) in [7, 11) is -5.34. The Bertz CT molecular complexity index is 804. The summed E-state index contributed by atoms with van der Waals surface area (Å²) in [4.78, 5) is 0. The number of nitrogens with one attached hydrogen (secondary N) is 1. The highest BCUT2D eigenvalue weighted by molar-refractivity contribution is 7.93. The molecule has 0 bridgehead atoms. The van der Waals surface area contributed by atoms with Gasteiger partial charge in [0.1, 0.15) is 0 Å². The van der Waals surface area contributed by atoms with Gasteiger partial charge in [0.15, 0.2) is 0 Å². The molecule has 0 saturated carbocycles. The lowest BCUT2D eigenvalue weighted by Gasteiger charge is -2.12. The third-order valence-electron chi connectivity index (χ3n) is 4.63. The lowest BCUT2D eigenvalue weighted by atomic mass is 9.99. The van der Waals surface area contributed by atoms with Crippen LogP contribution in [-0.2, 0) is 10.0 Å². The van der Waals surface area contributed by atoms with Crippen molar-refractivity contribution in [1.82, 2.24) is 0 Å². The van der Waals surface area contributed by atoms with E-state index >= 15 is 0 Å². The maximum Gasteiger partial charge on any atom is 0.516 e. The summed E-state index contributed by atoms with van der Waals surface area (Å²) in [6, 6.07) is 16.5. The molecule has 28 heavy (non-hydrogen) atoms. The molecule has 3 nitrogen and oxygen atoms in total. The number of sulfonamides is 1. The van der Waals surface area contributed by atoms with Crippen molar-refractivity contribution in [2.24, 2.45) is 0 Å². The van der Waals surface area contributed by atoms with Crippen LogP contribution in [0.25, 0.3) is 0 Å². The molecule has 2 aromatic carbocycles. The molecule has 156 valence electrons. The predicted octanol–water partition coefficient (Wildman–Crippen LogP) is 6.66. The van der Waals surface area contributed by atoms with Gasteiger partial charge in [0.25, 0.3) is 0 Å². The Labute approximate surface area is 166 Å².